The van der Waals surface area contributed by atoms with Crippen LogP contribution in [0.4, 0.5) is 5.13 Å². The molecule has 1 aromatic heterocycles. The van der Waals surface area contributed by atoms with Crippen LogP contribution in [0.1, 0.15) is 81.0 Å². The number of nitrogens with one attached hydrogen (secondary N) is 1. The molecule has 0 bridgehead atoms. The van der Waals surface area contributed by atoms with Gasteiger partial charge < -0.3 is 30.3 Å². The highest BCUT2D eigenvalue weighted by Gasteiger charge is 2.41. The SMILES string of the molecule is Clc1ccc(C2(c3csc(N4CCNCC4)n3)CCCCC2)cc1.NC(=S)N1CCN(B2CO2)CC1.O=C(CCl)C1(c2ccc(Cl)cc2)CCCCC1. The van der Waals surface area contributed by atoms with E-state index in [4.69, 9.17) is 62.4 Å². The highest BCUT2D eigenvalue weighted by molar-refractivity contribution is 7.80. The average molecular weight is 818 g/mol. The smallest absolute Gasteiger partial charge is 0.407 e. The minimum atomic E-state index is -0.357. The molecule has 53 heavy (non-hydrogen) atoms. The zero-order valence-electron chi connectivity index (χ0n) is 30.5. The number of hydrogen-bond donors (Lipinski definition) is 2. The molecule has 5 fully saturated rings. The molecule has 2 saturated carbocycles. The van der Waals surface area contributed by atoms with E-state index in [2.05, 4.69) is 32.5 Å². The van der Waals surface area contributed by atoms with Crippen LogP contribution in [-0.2, 0) is 20.3 Å². The van der Waals surface area contributed by atoms with Crippen molar-refractivity contribution in [1.29, 1.82) is 0 Å². The summed E-state index contributed by atoms with van der Waals surface area (Å²) in [4.78, 5) is 24.1. The first-order chi connectivity index (χ1) is 25.7. The van der Waals surface area contributed by atoms with E-state index in [-0.39, 0.29) is 22.5 Å². The number of halogens is 3. The van der Waals surface area contributed by atoms with Gasteiger partial charge in [-0.3, -0.25) is 4.79 Å². The molecule has 5 aliphatic rings. The summed E-state index contributed by atoms with van der Waals surface area (Å²) in [5.41, 5.74) is 8.95. The van der Waals surface area contributed by atoms with E-state index >= 15 is 0 Å². The van der Waals surface area contributed by atoms with Gasteiger partial charge in [-0.15, -0.1) is 22.9 Å². The summed E-state index contributed by atoms with van der Waals surface area (Å²) in [5.74, 6) is 0.254. The van der Waals surface area contributed by atoms with Crippen molar-refractivity contribution in [2.45, 2.75) is 75.0 Å². The molecule has 2 aromatic carbocycles. The fourth-order valence-corrected chi connectivity index (χ4v) is 10.0. The lowest BCUT2D eigenvalue weighted by atomic mass is 9.67. The van der Waals surface area contributed by atoms with Crippen LogP contribution in [0.25, 0.3) is 0 Å². The third kappa shape index (κ3) is 10.3. The molecule has 0 spiro atoms. The topological polar surface area (TPSA) is 90.3 Å². The van der Waals surface area contributed by atoms with Gasteiger partial charge in [0.1, 0.15) is 0 Å². The number of benzene rings is 2. The standard InChI is InChI=1S/C19H24ClN3S.C14H16Cl2O.C6H12BN3OS/c20-16-6-4-15(5-7-16)19(8-2-1-3-9-19)17-14-24-18(22-17)23-12-10-21-11-13-23;15-10-13(17)14(8-2-1-3-9-14)11-4-6-12(16)7-5-11;8-6(12)9-1-3-10(4-2-9)7-5-11-7/h4-7,14,21H,1-3,8-13H2;4-7H,1-3,8-10H2;1-5H2,(H2,8,12). The predicted octanol–water partition coefficient (Wildman–Crippen LogP) is 7.71. The van der Waals surface area contributed by atoms with Crippen molar-refractivity contribution in [3.05, 3.63) is 80.8 Å². The van der Waals surface area contributed by atoms with Crippen LogP contribution >= 0.6 is 58.4 Å². The first-order valence-electron chi connectivity index (χ1n) is 19.2. The first-order valence-corrected chi connectivity index (χ1v) is 21.7. The second-order valence-electron chi connectivity index (χ2n) is 14.8. The molecule has 3 aromatic rings. The zero-order valence-corrected chi connectivity index (χ0v) is 34.4. The third-order valence-electron chi connectivity index (χ3n) is 11.6. The van der Waals surface area contributed by atoms with Gasteiger partial charge in [-0.1, -0.05) is 86.0 Å². The fourth-order valence-electron chi connectivity index (χ4n) is 8.37. The number of hydrogen-bond acceptors (Lipinski definition) is 8. The largest absolute Gasteiger partial charge is 0.423 e. The van der Waals surface area contributed by atoms with Gasteiger partial charge in [-0.2, -0.15) is 0 Å². The van der Waals surface area contributed by atoms with Gasteiger partial charge in [-0.05, 0) is 73.3 Å². The van der Waals surface area contributed by atoms with E-state index in [0.717, 1.165) is 95.1 Å². The van der Waals surface area contributed by atoms with Crippen molar-refractivity contribution in [2.75, 3.05) is 69.6 Å². The number of rotatable bonds is 7. The number of piperazine rings is 2. The maximum absolute atomic E-state index is 12.2. The number of nitrogens with two attached hydrogens (primary N) is 1. The predicted molar refractivity (Wildman–Crippen MR) is 226 cm³/mol. The van der Waals surface area contributed by atoms with Crippen molar-refractivity contribution in [2.24, 2.45) is 5.73 Å². The molecule has 0 unspecified atom stereocenters. The molecule has 8 rings (SSSR count). The van der Waals surface area contributed by atoms with E-state index in [9.17, 15) is 4.79 Å². The van der Waals surface area contributed by atoms with Gasteiger partial charge in [0.05, 0.1) is 23.5 Å². The maximum atomic E-state index is 12.2. The minimum absolute atomic E-state index is 0.0750. The van der Waals surface area contributed by atoms with Gasteiger partial charge in [0.15, 0.2) is 16.0 Å². The molecule has 0 amide bonds. The fraction of sp³-hybridized carbons (Fsp3) is 0.564. The van der Waals surface area contributed by atoms with Crippen molar-refractivity contribution in [3.63, 3.8) is 0 Å². The van der Waals surface area contributed by atoms with E-state index in [1.165, 1.54) is 54.9 Å². The molecular formula is C39H52BCl3N6O2S2. The zero-order chi connectivity index (χ0) is 37.3. The van der Waals surface area contributed by atoms with Crippen molar-refractivity contribution >= 4 is 81.4 Å². The number of carbonyl (C=O) groups excluding carboxylic acids is 1. The van der Waals surface area contributed by atoms with Crippen LogP contribution in [0.15, 0.2) is 53.9 Å². The Hall–Kier alpha value is -1.96. The number of anilines is 1. The normalized spacial score (nSPS) is 21.1. The molecule has 3 aliphatic heterocycles. The Bertz CT molecular complexity index is 1620. The monoisotopic (exact) mass is 816 g/mol. The molecular weight excluding hydrogens is 766 g/mol. The number of thiocarbonyl (C=S) groups is 1. The highest BCUT2D eigenvalue weighted by Crippen LogP contribution is 2.46. The van der Waals surface area contributed by atoms with Crippen LogP contribution in [0.3, 0.4) is 0 Å². The summed E-state index contributed by atoms with van der Waals surface area (Å²) in [6, 6.07) is 16.1. The van der Waals surface area contributed by atoms with Crippen LogP contribution < -0.4 is 16.0 Å². The number of Topliss-reactive ketones (excluding diaryl/α,β-unsaturated/α-hetero) is 1. The van der Waals surface area contributed by atoms with Crippen LogP contribution in [0.2, 0.25) is 10.0 Å². The van der Waals surface area contributed by atoms with Crippen molar-refractivity contribution in [3.8, 4) is 0 Å². The van der Waals surface area contributed by atoms with Gasteiger partial charge in [0.25, 0.3) is 0 Å². The summed E-state index contributed by atoms with van der Waals surface area (Å²) in [7, 11) is 0.387. The summed E-state index contributed by atoms with van der Waals surface area (Å²) in [6.45, 7) is 9.03. The van der Waals surface area contributed by atoms with E-state index in [1.54, 1.807) is 0 Å². The Morgan fingerprint density at radius 3 is 1.92 bits per heavy atom. The number of nitrogens with zero attached hydrogens (tertiary/aromatic N) is 4. The molecule has 0 atom stereocenters. The molecule has 4 heterocycles. The van der Waals surface area contributed by atoms with Gasteiger partial charge >= 0.3 is 7.05 Å². The molecule has 0 radical (unpaired) electrons. The highest BCUT2D eigenvalue weighted by atomic mass is 35.5. The Kier molecular flexibility index (Phi) is 14.8. The molecule has 286 valence electrons. The van der Waals surface area contributed by atoms with E-state index in [0.29, 0.717) is 17.2 Å². The summed E-state index contributed by atoms with van der Waals surface area (Å²) in [5, 5.41) is 8.94. The molecule has 3 N–H and O–H groups in total. The number of carbonyl (C=O) groups is 1. The lowest BCUT2D eigenvalue weighted by Gasteiger charge is -2.37. The number of thiazole rings is 1. The second-order valence-corrected chi connectivity index (χ2v) is 17.2. The minimum Gasteiger partial charge on any atom is -0.423 e. The molecule has 8 nitrogen and oxygen atoms in total. The van der Waals surface area contributed by atoms with Gasteiger partial charge in [0.2, 0.25) is 0 Å². The second kappa shape index (κ2) is 19.3. The van der Waals surface area contributed by atoms with Crippen molar-refractivity contribution in [1.82, 2.24) is 20.0 Å². The molecule has 14 heteroatoms. The molecule has 2 aliphatic carbocycles. The Morgan fingerprint density at radius 2 is 1.40 bits per heavy atom. The summed E-state index contributed by atoms with van der Waals surface area (Å²) < 4.78 is 5.19. The lowest BCUT2D eigenvalue weighted by molar-refractivity contribution is -0.123. The van der Waals surface area contributed by atoms with Crippen LogP contribution in [0.5, 0.6) is 0 Å². The average Bonchev–Trinajstić information content (AvgIpc) is 3.94. The number of ketones is 1. The Morgan fingerprint density at radius 1 is 0.849 bits per heavy atom. The first kappa shape index (κ1) is 40.7. The summed E-state index contributed by atoms with van der Waals surface area (Å²) >= 11 is 24.5. The summed E-state index contributed by atoms with van der Waals surface area (Å²) in [6.07, 6.45) is 11.5. The number of alkyl halides is 1. The van der Waals surface area contributed by atoms with Gasteiger partial charge in [-0.25, -0.2) is 4.98 Å². The van der Waals surface area contributed by atoms with Crippen LogP contribution in [-0.4, -0.2) is 97.4 Å². The maximum Gasteiger partial charge on any atom is 0.407 e. The van der Waals surface area contributed by atoms with E-state index < -0.39 is 0 Å². The van der Waals surface area contributed by atoms with Crippen LogP contribution in [0, 0.1) is 0 Å². The quantitative estimate of drug-likeness (QED) is 0.108. The van der Waals surface area contributed by atoms with Gasteiger partial charge in [0, 0.05) is 73.2 Å². The Balaban J connectivity index is 0.000000145. The lowest BCUT2D eigenvalue weighted by Crippen LogP contribution is -2.52. The van der Waals surface area contributed by atoms with E-state index in [1.807, 2.05) is 52.6 Å². The third-order valence-corrected chi connectivity index (χ3v) is 13.5. The Labute approximate surface area is 340 Å². The number of aromatic nitrogens is 1. The molecule has 3 saturated heterocycles. The van der Waals surface area contributed by atoms with Crippen molar-refractivity contribution < 1.29 is 9.45 Å².